The smallest absolute Gasteiger partial charge is 0.103 e. The maximum atomic E-state index is 5.66. The molecular weight excluding hydrogens is 264 g/mol. The van der Waals surface area contributed by atoms with Crippen molar-refractivity contribution in [2.24, 2.45) is 0 Å². The summed E-state index contributed by atoms with van der Waals surface area (Å²) < 4.78 is 11.2. The lowest BCUT2D eigenvalue weighted by molar-refractivity contribution is -0.118. The van der Waals surface area contributed by atoms with E-state index < -0.39 is 0 Å². The Hall–Kier alpha value is -1.26. The van der Waals surface area contributed by atoms with Crippen LogP contribution < -0.4 is 10.2 Å². The van der Waals surface area contributed by atoms with Gasteiger partial charge in [-0.25, -0.2) is 0 Å². The molecule has 4 heteroatoms. The molecule has 3 unspecified atom stereocenters. The predicted octanol–water partition coefficient (Wildman–Crippen LogP) is 3.14. The number of benzene rings is 1. The highest BCUT2D eigenvalue weighted by Gasteiger charge is 2.42. The van der Waals surface area contributed by atoms with Crippen molar-refractivity contribution < 1.29 is 9.47 Å². The Kier molecular flexibility index (Phi) is 5.88. The lowest BCUT2D eigenvalue weighted by Gasteiger charge is -2.43. The lowest BCUT2D eigenvalue weighted by Crippen LogP contribution is -2.56. The van der Waals surface area contributed by atoms with Crippen molar-refractivity contribution in [2.75, 3.05) is 37.0 Å². The lowest BCUT2D eigenvalue weighted by atomic mass is 9.85. The Balaban J connectivity index is 1.92. The fourth-order valence-corrected chi connectivity index (χ4v) is 2.99. The molecule has 4 nitrogen and oxygen atoms in total. The molecule has 0 aromatic heterocycles. The van der Waals surface area contributed by atoms with Crippen LogP contribution in [-0.2, 0) is 9.47 Å². The fraction of sp³-hybridized carbons (Fsp3) is 0.647. The molecule has 21 heavy (non-hydrogen) atoms. The molecule has 0 radical (unpaired) electrons. The molecule has 1 N–H and O–H groups in total. The minimum atomic E-state index is 0.146. The molecule has 1 saturated carbocycles. The van der Waals surface area contributed by atoms with Gasteiger partial charge in [-0.3, -0.25) is 0 Å². The zero-order valence-corrected chi connectivity index (χ0v) is 13.6. The average Bonchev–Trinajstić information content (AvgIpc) is 2.49. The van der Waals surface area contributed by atoms with E-state index in [4.69, 9.17) is 9.47 Å². The third-order valence-electron chi connectivity index (χ3n) is 4.25. The van der Waals surface area contributed by atoms with E-state index >= 15 is 0 Å². The number of methoxy groups -OCH3 is 1. The van der Waals surface area contributed by atoms with Gasteiger partial charge in [-0.05, 0) is 51.5 Å². The van der Waals surface area contributed by atoms with Gasteiger partial charge < -0.3 is 19.7 Å². The van der Waals surface area contributed by atoms with Gasteiger partial charge in [-0.2, -0.15) is 0 Å². The molecule has 0 spiro atoms. The minimum absolute atomic E-state index is 0.146. The van der Waals surface area contributed by atoms with Crippen molar-refractivity contribution in [2.45, 2.75) is 45.4 Å². The van der Waals surface area contributed by atoms with Crippen LogP contribution in [0.4, 0.5) is 11.4 Å². The van der Waals surface area contributed by atoms with Crippen LogP contribution in [0.25, 0.3) is 0 Å². The van der Waals surface area contributed by atoms with E-state index in [9.17, 15) is 0 Å². The largest absolute Gasteiger partial charge is 0.379 e. The first kappa shape index (κ1) is 16.1. The highest BCUT2D eigenvalue weighted by atomic mass is 16.5. The summed E-state index contributed by atoms with van der Waals surface area (Å²) in [5.74, 6) is 0. The Morgan fingerprint density at radius 3 is 2.33 bits per heavy atom. The van der Waals surface area contributed by atoms with Gasteiger partial charge in [0.15, 0.2) is 0 Å². The first-order valence-electron chi connectivity index (χ1n) is 7.99. The van der Waals surface area contributed by atoms with E-state index in [1.807, 2.05) is 6.92 Å². The quantitative estimate of drug-likeness (QED) is 0.798. The molecule has 1 aromatic rings. The van der Waals surface area contributed by atoms with Gasteiger partial charge in [0.1, 0.15) is 6.10 Å². The van der Waals surface area contributed by atoms with Crippen molar-refractivity contribution in [3.63, 3.8) is 0 Å². The van der Waals surface area contributed by atoms with Crippen molar-refractivity contribution >= 4 is 11.4 Å². The van der Waals surface area contributed by atoms with Gasteiger partial charge in [-0.15, -0.1) is 0 Å². The standard InChI is InChI=1S/C17H28N2O2/c1-5-19(6-2)14-10-8-13(9-11-14)18-15-12-16(21-7-3)17(15)20-4/h8-11,15-18H,5-7,12H2,1-4H3. The zero-order valence-electron chi connectivity index (χ0n) is 13.6. The molecule has 1 aliphatic rings. The highest BCUT2D eigenvalue weighted by Crippen LogP contribution is 2.30. The molecule has 1 aromatic carbocycles. The molecule has 0 amide bonds. The number of anilines is 2. The van der Waals surface area contributed by atoms with Crippen LogP contribution in [0.5, 0.6) is 0 Å². The van der Waals surface area contributed by atoms with Gasteiger partial charge in [0.25, 0.3) is 0 Å². The summed E-state index contributed by atoms with van der Waals surface area (Å²) in [4.78, 5) is 2.34. The van der Waals surface area contributed by atoms with E-state index in [-0.39, 0.29) is 12.2 Å². The molecule has 0 aliphatic heterocycles. The van der Waals surface area contributed by atoms with Crippen molar-refractivity contribution in [1.29, 1.82) is 0 Å². The number of hydrogen-bond donors (Lipinski definition) is 1. The zero-order chi connectivity index (χ0) is 15.2. The summed E-state index contributed by atoms with van der Waals surface area (Å²) in [6, 6.07) is 8.99. The van der Waals surface area contributed by atoms with E-state index in [2.05, 4.69) is 48.3 Å². The molecule has 2 rings (SSSR count). The number of nitrogens with one attached hydrogen (secondary N) is 1. The number of ether oxygens (including phenoxy) is 2. The third-order valence-corrected chi connectivity index (χ3v) is 4.25. The van der Waals surface area contributed by atoms with Gasteiger partial charge in [0.05, 0.1) is 12.1 Å². The molecule has 0 bridgehead atoms. The second kappa shape index (κ2) is 7.66. The van der Waals surface area contributed by atoms with Crippen LogP contribution in [0.1, 0.15) is 27.2 Å². The van der Waals surface area contributed by atoms with Crippen LogP contribution in [0.3, 0.4) is 0 Å². The van der Waals surface area contributed by atoms with Crippen LogP contribution in [0.15, 0.2) is 24.3 Å². The van der Waals surface area contributed by atoms with Crippen LogP contribution >= 0.6 is 0 Å². The Morgan fingerprint density at radius 1 is 1.14 bits per heavy atom. The fourth-order valence-electron chi connectivity index (χ4n) is 2.99. The summed E-state index contributed by atoms with van der Waals surface area (Å²) in [6.45, 7) is 9.21. The second-order valence-electron chi connectivity index (χ2n) is 5.40. The summed E-state index contributed by atoms with van der Waals surface area (Å²) in [7, 11) is 1.76. The van der Waals surface area contributed by atoms with E-state index in [1.54, 1.807) is 7.11 Å². The summed E-state index contributed by atoms with van der Waals surface area (Å²) >= 11 is 0. The average molecular weight is 292 g/mol. The SMILES string of the molecule is CCOC1CC(Nc2ccc(N(CC)CC)cc2)C1OC. The molecular formula is C17H28N2O2. The Bertz CT molecular complexity index is 417. The molecule has 0 heterocycles. The normalized spacial score (nSPS) is 24.5. The van der Waals surface area contributed by atoms with Crippen molar-refractivity contribution in [3.8, 4) is 0 Å². The molecule has 1 aliphatic carbocycles. The predicted molar refractivity (Wildman–Crippen MR) is 88.2 cm³/mol. The Morgan fingerprint density at radius 2 is 1.81 bits per heavy atom. The van der Waals surface area contributed by atoms with Gasteiger partial charge >= 0.3 is 0 Å². The van der Waals surface area contributed by atoms with Crippen molar-refractivity contribution in [3.05, 3.63) is 24.3 Å². The minimum Gasteiger partial charge on any atom is -0.379 e. The summed E-state index contributed by atoms with van der Waals surface area (Å²) in [5, 5.41) is 3.55. The second-order valence-corrected chi connectivity index (χ2v) is 5.40. The first-order valence-corrected chi connectivity index (χ1v) is 7.99. The highest BCUT2D eigenvalue weighted by molar-refractivity contribution is 5.55. The number of rotatable bonds is 8. The summed E-state index contributed by atoms with van der Waals surface area (Å²) in [5.41, 5.74) is 2.42. The van der Waals surface area contributed by atoms with Gasteiger partial charge in [0, 0.05) is 38.2 Å². The maximum Gasteiger partial charge on any atom is 0.103 e. The molecule has 118 valence electrons. The van der Waals surface area contributed by atoms with E-state index in [0.29, 0.717) is 6.04 Å². The molecule has 3 atom stereocenters. The molecule has 1 fully saturated rings. The summed E-state index contributed by atoms with van der Waals surface area (Å²) in [6.07, 6.45) is 1.38. The van der Waals surface area contributed by atoms with Crippen LogP contribution in [-0.4, -0.2) is 45.1 Å². The number of nitrogens with zero attached hydrogens (tertiary/aromatic N) is 1. The maximum absolute atomic E-state index is 5.66. The monoisotopic (exact) mass is 292 g/mol. The van der Waals surface area contributed by atoms with Gasteiger partial charge in [-0.1, -0.05) is 0 Å². The van der Waals surface area contributed by atoms with Crippen LogP contribution in [0, 0.1) is 0 Å². The van der Waals surface area contributed by atoms with Crippen molar-refractivity contribution in [1.82, 2.24) is 0 Å². The Labute approximate surface area is 128 Å². The molecule has 0 saturated heterocycles. The van der Waals surface area contributed by atoms with Gasteiger partial charge in [0.2, 0.25) is 0 Å². The number of hydrogen-bond acceptors (Lipinski definition) is 4. The third kappa shape index (κ3) is 3.69. The topological polar surface area (TPSA) is 33.7 Å². The van der Waals surface area contributed by atoms with E-state index in [1.165, 1.54) is 5.69 Å². The first-order chi connectivity index (χ1) is 10.2. The van der Waals surface area contributed by atoms with E-state index in [0.717, 1.165) is 31.8 Å². The van der Waals surface area contributed by atoms with Crippen LogP contribution in [0.2, 0.25) is 0 Å².